The molecule has 2 fully saturated rings. The number of carbonyl (C=O) groups is 1. The van der Waals surface area contributed by atoms with E-state index in [0.29, 0.717) is 24.9 Å². The largest absolute Gasteiger partial charge is 0.381 e. The molecule has 134 valence electrons. The Labute approximate surface area is 152 Å². The van der Waals surface area contributed by atoms with Gasteiger partial charge in [-0.05, 0) is 50.3 Å². The van der Waals surface area contributed by atoms with E-state index in [0.717, 1.165) is 41.7 Å². The van der Waals surface area contributed by atoms with Gasteiger partial charge in [0.25, 0.3) is 0 Å². The summed E-state index contributed by atoms with van der Waals surface area (Å²) >= 11 is 1.60. The Bertz CT molecular complexity index is 708. The lowest BCUT2D eigenvalue weighted by atomic mass is 9.91. The number of likely N-dealkylation sites (tertiary alicyclic amines) is 1. The van der Waals surface area contributed by atoms with Gasteiger partial charge in [0.1, 0.15) is 0 Å². The first-order chi connectivity index (χ1) is 12.2. The topological polar surface area (TPSA) is 45.7 Å². The number of likely N-dealkylation sites (N-methyl/N-ethyl adjacent to an activating group) is 1. The number of carbonyl (C=O) groups excluding carboxylic acids is 1. The molecule has 2 aliphatic heterocycles. The van der Waals surface area contributed by atoms with Gasteiger partial charge in [-0.15, -0.1) is 0 Å². The summed E-state index contributed by atoms with van der Waals surface area (Å²) in [6.07, 6.45) is 2.37. The molecule has 2 unspecified atom stereocenters. The van der Waals surface area contributed by atoms with Crippen LogP contribution in [0.15, 0.2) is 24.3 Å². The van der Waals surface area contributed by atoms with Crippen LogP contribution in [-0.4, -0.2) is 55.2 Å². The maximum Gasteiger partial charge on any atom is 0.242 e. The van der Waals surface area contributed by atoms with Crippen LogP contribution in [0.1, 0.15) is 19.8 Å². The smallest absolute Gasteiger partial charge is 0.242 e. The highest BCUT2D eigenvalue weighted by Gasteiger charge is 2.33. The molecule has 0 N–H and O–H groups in total. The molecule has 1 aromatic heterocycles. The van der Waals surface area contributed by atoms with Gasteiger partial charge in [0.15, 0.2) is 5.13 Å². The number of aromatic nitrogens is 1. The molecule has 3 heterocycles. The lowest BCUT2D eigenvalue weighted by Crippen LogP contribution is -2.39. The molecule has 0 aliphatic carbocycles. The van der Waals surface area contributed by atoms with Crippen LogP contribution >= 0.6 is 11.3 Å². The summed E-state index contributed by atoms with van der Waals surface area (Å²) in [5.41, 5.74) is 0.969. The first-order valence-electron chi connectivity index (χ1n) is 9.20. The third kappa shape index (κ3) is 3.57. The number of rotatable bonds is 5. The van der Waals surface area contributed by atoms with Gasteiger partial charge in [-0.3, -0.25) is 14.6 Å². The molecule has 0 bridgehead atoms. The Morgan fingerprint density at radius 3 is 3.00 bits per heavy atom. The molecular formula is C19H25N3O2S. The van der Waals surface area contributed by atoms with Crippen LogP contribution in [0.2, 0.25) is 0 Å². The van der Waals surface area contributed by atoms with Crippen LogP contribution in [0.25, 0.3) is 10.2 Å². The number of para-hydroxylation sites is 1. The zero-order chi connectivity index (χ0) is 17.2. The van der Waals surface area contributed by atoms with Crippen LogP contribution in [0.3, 0.4) is 0 Å². The number of ether oxygens (including phenoxy) is 1. The third-order valence-corrected chi connectivity index (χ3v) is 6.49. The van der Waals surface area contributed by atoms with Crippen molar-refractivity contribution in [3.05, 3.63) is 24.3 Å². The molecule has 6 heteroatoms. The number of nitrogens with zero attached hydrogens (tertiary/aromatic N) is 3. The third-order valence-electron chi connectivity index (χ3n) is 5.43. The Morgan fingerprint density at radius 2 is 2.24 bits per heavy atom. The van der Waals surface area contributed by atoms with Crippen LogP contribution in [-0.2, 0) is 9.53 Å². The van der Waals surface area contributed by atoms with Crippen LogP contribution in [0.5, 0.6) is 0 Å². The van der Waals surface area contributed by atoms with Gasteiger partial charge in [-0.1, -0.05) is 23.5 Å². The fourth-order valence-electron chi connectivity index (χ4n) is 3.99. The minimum Gasteiger partial charge on any atom is -0.381 e. The van der Waals surface area contributed by atoms with Gasteiger partial charge in [-0.25, -0.2) is 4.98 Å². The summed E-state index contributed by atoms with van der Waals surface area (Å²) in [4.78, 5) is 21.6. The van der Waals surface area contributed by atoms with E-state index < -0.39 is 0 Å². The van der Waals surface area contributed by atoms with Gasteiger partial charge in [-0.2, -0.15) is 0 Å². The van der Waals surface area contributed by atoms with Gasteiger partial charge in [0.05, 0.1) is 16.8 Å². The molecule has 5 nitrogen and oxygen atoms in total. The summed E-state index contributed by atoms with van der Waals surface area (Å²) in [5, 5.41) is 0.814. The van der Waals surface area contributed by atoms with Gasteiger partial charge in [0, 0.05) is 26.3 Å². The summed E-state index contributed by atoms with van der Waals surface area (Å²) in [7, 11) is 0. The number of fused-ring (bicyclic) bond motifs is 1. The van der Waals surface area contributed by atoms with Crippen LogP contribution < -0.4 is 4.90 Å². The number of anilines is 1. The molecule has 4 rings (SSSR count). The molecule has 0 spiro atoms. The predicted octanol–water partition coefficient (Wildman–Crippen LogP) is 3.01. The van der Waals surface area contributed by atoms with E-state index in [4.69, 9.17) is 4.74 Å². The number of hydrogen-bond donors (Lipinski definition) is 0. The van der Waals surface area contributed by atoms with E-state index in [-0.39, 0.29) is 5.91 Å². The van der Waals surface area contributed by atoms with Gasteiger partial charge >= 0.3 is 0 Å². The van der Waals surface area contributed by atoms with Crippen molar-refractivity contribution in [2.75, 3.05) is 44.3 Å². The SMILES string of the molecule is CCN(C(=O)CN1CCC(C2CCOC2)C1)c1nc2ccccc2s1. The zero-order valence-corrected chi connectivity index (χ0v) is 15.5. The van der Waals surface area contributed by atoms with Crippen molar-refractivity contribution in [2.45, 2.75) is 19.8 Å². The molecule has 2 aromatic rings. The fourth-order valence-corrected chi connectivity index (χ4v) is 5.03. The quantitative estimate of drug-likeness (QED) is 0.823. The van der Waals surface area contributed by atoms with Crippen molar-refractivity contribution in [3.63, 3.8) is 0 Å². The first-order valence-corrected chi connectivity index (χ1v) is 10.0. The average molecular weight is 359 g/mol. The highest BCUT2D eigenvalue weighted by Crippen LogP contribution is 2.31. The van der Waals surface area contributed by atoms with Crippen molar-refractivity contribution in [1.29, 1.82) is 0 Å². The van der Waals surface area contributed by atoms with E-state index in [9.17, 15) is 4.79 Å². The summed E-state index contributed by atoms with van der Waals surface area (Å²) < 4.78 is 6.66. The molecule has 0 saturated carbocycles. The normalized spacial score (nSPS) is 24.2. The van der Waals surface area contributed by atoms with Crippen molar-refractivity contribution in [1.82, 2.24) is 9.88 Å². The van der Waals surface area contributed by atoms with Crippen LogP contribution in [0.4, 0.5) is 5.13 Å². The number of benzene rings is 1. The van der Waals surface area contributed by atoms with Gasteiger partial charge in [0.2, 0.25) is 5.91 Å². The summed E-state index contributed by atoms with van der Waals surface area (Å²) in [5.74, 6) is 1.53. The minimum absolute atomic E-state index is 0.157. The lowest BCUT2D eigenvalue weighted by molar-refractivity contribution is -0.119. The van der Waals surface area contributed by atoms with E-state index in [1.54, 1.807) is 11.3 Å². The summed E-state index contributed by atoms with van der Waals surface area (Å²) in [6.45, 7) is 7.02. The number of amides is 1. The van der Waals surface area contributed by atoms with Crippen molar-refractivity contribution in [2.24, 2.45) is 11.8 Å². The highest BCUT2D eigenvalue weighted by molar-refractivity contribution is 7.22. The number of thiazole rings is 1. The monoisotopic (exact) mass is 359 g/mol. The summed E-state index contributed by atoms with van der Waals surface area (Å²) in [6, 6.07) is 8.06. The standard InChI is InChI=1S/C19H25N3O2S/c1-2-22(19-20-16-5-3-4-6-17(16)25-19)18(23)12-21-9-7-14(11-21)15-8-10-24-13-15/h3-6,14-15H,2,7-13H2,1H3. The second-order valence-corrected chi connectivity index (χ2v) is 8.02. The van der Waals surface area contributed by atoms with Crippen molar-refractivity contribution < 1.29 is 9.53 Å². The second kappa shape index (κ2) is 7.40. The van der Waals surface area contributed by atoms with E-state index in [1.807, 2.05) is 30.0 Å². The average Bonchev–Trinajstić information content (AvgIpc) is 3.35. The van der Waals surface area contributed by atoms with Gasteiger partial charge < -0.3 is 4.74 Å². The Morgan fingerprint density at radius 1 is 1.36 bits per heavy atom. The molecule has 2 saturated heterocycles. The molecule has 2 aliphatic rings. The van der Waals surface area contributed by atoms with E-state index >= 15 is 0 Å². The maximum absolute atomic E-state index is 12.9. The minimum atomic E-state index is 0.157. The molecule has 1 aromatic carbocycles. The van der Waals surface area contributed by atoms with Crippen molar-refractivity contribution in [3.8, 4) is 0 Å². The Balaban J connectivity index is 1.40. The second-order valence-electron chi connectivity index (χ2n) is 7.01. The Kier molecular flexibility index (Phi) is 5.01. The zero-order valence-electron chi connectivity index (χ0n) is 14.7. The molecule has 1 amide bonds. The van der Waals surface area contributed by atoms with E-state index in [1.165, 1.54) is 12.8 Å². The predicted molar refractivity (Wildman–Crippen MR) is 101 cm³/mol. The van der Waals surface area contributed by atoms with Crippen molar-refractivity contribution >= 4 is 32.6 Å². The highest BCUT2D eigenvalue weighted by atomic mass is 32.1. The molecule has 2 atom stereocenters. The molecule has 0 radical (unpaired) electrons. The van der Waals surface area contributed by atoms with Crippen LogP contribution in [0, 0.1) is 11.8 Å². The Hall–Kier alpha value is -1.50. The van der Waals surface area contributed by atoms with E-state index in [2.05, 4.69) is 16.0 Å². The first kappa shape index (κ1) is 16.9. The fraction of sp³-hybridized carbons (Fsp3) is 0.579. The lowest BCUT2D eigenvalue weighted by Gasteiger charge is -2.22. The molecule has 25 heavy (non-hydrogen) atoms. The molecular weight excluding hydrogens is 334 g/mol. The maximum atomic E-state index is 12.9. The number of hydrogen-bond acceptors (Lipinski definition) is 5.